The van der Waals surface area contributed by atoms with E-state index >= 15 is 0 Å². The van der Waals surface area contributed by atoms with Crippen LogP contribution < -0.4 is 14.8 Å². The predicted molar refractivity (Wildman–Crippen MR) is 136 cm³/mol. The lowest BCUT2D eigenvalue weighted by Crippen LogP contribution is -2.14. The van der Waals surface area contributed by atoms with Gasteiger partial charge in [0.05, 0.1) is 29.9 Å². The zero-order chi connectivity index (χ0) is 25.1. The fourth-order valence-corrected chi connectivity index (χ4v) is 4.03. The normalized spacial score (nSPS) is 11.2. The van der Waals surface area contributed by atoms with E-state index in [0.717, 1.165) is 17.4 Å². The maximum Gasteiger partial charge on any atom is 0.276 e. The molecule has 0 spiro atoms. The van der Waals surface area contributed by atoms with Crippen LogP contribution in [0.2, 0.25) is 0 Å². The van der Waals surface area contributed by atoms with Crippen LogP contribution in [-0.2, 0) is 10.0 Å². The Labute approximate surface area is 206 Å². The number of carbonyl (C=O) groups excluding carboxylic acids is 1. The number of benzene rings is 2. The second-order valence-electron chi connectivity index (χ2n) is 7.92. The van der Waals surface area contributed by atoms with Crippen LogP contribution in [0.5, 0.6) is 11.5 Å². The fourth-order valence-electron chi connectivity index (χ4n) is 3.53. The minimum absolute atomic E-state index is 0.150. The summed E-state index contributed by atoms with van der Waals surface area (Å²) < 4.78 is 30.8. The molecule has 0 aliphatic rings. The number of ether oxygens (including phenoxy) is 1. The molecule has 0 bridgehead atoms. The first-order chi connectivity index (χ1) is 17.3. The largest absolute Gasteiger partial charge is 0.456 e. The summed E-state index contributed by atoms with van der Waals surface area (Å²) in [7, 11) is -3.44. The van der Waals surface area contributed by atoms with Crippen LogP contribution in [0, 0.1) is 0 Å². The number of fused-ring (bicyclic) bond motifs is 1. The average Bonchev–Trinajstić information content (AvgIpc) is 3.29. The van der Waals surface area contributed by atoms with E-state index in [1.54, 1.807) is 18.5 Å². The number of nitrogens with one attached hydrogen (secondary N) is 3. The van der Waals surface area contributed by atoms with Crippen molar-refractivity contribution in [3.8, 4) is 22.6 Å². The van der Waals surface area contributed by atoms with Crippen molar-refractivity contribution in [1.82, 2.24) is 20.2 Å². The van der Waals surface area contributed by atoms with Gasteiger partial charge in [0, 0.05) is 17.1 Å². The minimum Gasteiger partial charge on any atom is -0.456 e. The van der Waals surface area contributed by atoms with E-state index in [1.165, 1.54) is 12.3 Å². The lowest BCUT2D eigenvalue weighted by molar-refractivity contribution is 0.102. The molecule has 3 N–H and O–H groups in total. The molecule has 180 valence electrons. The molecule has 0 saturated heterocycles. The van der Waals surface area contributed by atoms with E-state index in [9.17, 15) is 13.2 Å². The van der Waals surface area contributed by atoms with Gasteiger partial charge in [0.25, 0.3) is 5.91 Å². The quantitative estimate of drug-likeness (QED) is 0.300. The molecule has 11 heteroatoms. The molecule has 3 heterocycles. The molecule has 0 aliphatic carbocycles. The van der Waals surface area contributed by atoms with Crippen molar-refractivity contribution < 1.29 is 17.9 Å². The Morgan fingerprint density at radius 3 is 2.50 bits per heavy atom. The number of nitrogens with zero attached hydrogens (tertiary/aromatic N) is 3. The highest BCUT2D eigenvalue weighted by Crippen LogP contribution is 2.29. The van der Waals surface area contributed by atoms with Gasteiger partial charge in [-0.3, -0.25) is 19.6 Å². The highest BCUT2D eigenvalue weighted by Gasteiger charge is 2.16. The number of amides is 1. The highest BCUT2D eigenvalue weighted by atomic mass is 32.2. The van der Waals surface area contributed by atoms with Crippen LogP contribution in [0.1, 0.15) is 10.5 Å². The van der Waals surface area contributed by atoms with Crippen LogP contribution in [-0.4, -0.2) is 40.7 Å². The summed E-state index contributed by atoms with van der Waals surface area (Å²) >= 11 is 0. The van der Waals surface area contributed by atoms with Crippen molar-refractivity contribution in [2.45, 2.75) is 0 Å². The maximum absolute atomic E-state index is 12.9. The molecule has 5 aromatic rings. The van der Waals surface area contributed by atoms with Gasteiger partial charge in [0.2, 0.25) is 10.0 Å². The monoisotopic (exact) mass is 500 g/mol. The topological polar surface area (TPSA) is 139 Å². The van der Waals surface area contributed by atoms with Gasteiger partial charge in [-0.15, -0.1) is 0 Å². The zero-order valence-corrected chi connectivity index (χ0v) is 19.8. The maximum atomic E-state index is 12.9. The molecule has 0 atom stereocenters. The third-order valence-corrected chi connectivity index (χ3v) is 5.69. The zero-order valence-electron chi connectivity index (χ0n) is 19.0. The molecule has 10 nitrogen and oxygen atoms in total. The van der Waals surface area contributed by atoms with Crippen molar-refractivity contribution in [3.63, 3.8) is 0 Å². The number of hydrogen-bond donors (Lipinski definition) is 3. The van der Waals surface area contributed by atoms with Crippen molar-refractivity contribution in [2.24, 2.45) is 0 Å². The lowest BCUT2D eigenvalue weighted by Gasteiger charge is -2.08. The Kier molecular flexibility index (Phi) is 6.05. The summed E-state index contributed by atoms with van der Waals surface area (Å²) in [5.41, 5.74) is 2.94. The fraction of sp³-hybridized carbons (Fsp3) is 0.0400. The first-order valence-corrected chi connectivity index (χ1v) is 12.6. The average molecular weight is 501 g/mol. The Morgan fingerprint density at radius 1 is 0.917 bits per heavy atom. The van der Waals surface area contributed by atoms with Crippen molar-refractivity contribution in [2.75, 3.05) is 16.3 Å². The molecule has 0 fully saturated rings. The Hall–Kier alpha value is -4.77. The van der Waals surface area contributed by atoms with Crippen LogP contribution >= 0.6 is 0 Å². The molecule has 36 heavy (non-hydrogen) atoms. The first-order valence-electron chi connectivity index (χ1n) is 10.8. The minimum atomic E-state index is -3.44. The Balaban J connectivity index is 1.38. The van der Waals surface area contributed by atoms with Gasteiger partial charge in [-0.2, -0.15) is 5.10 Å². The number of pyridine rings is 2. The molecule has 2 aromatic carbocycles. The van der Waals surface area contributed by atoms with Crippen molar-refractivity contribution in [1.29, 1.82) is 0 Å². The molecule has 1 amide bonds. The summed E-state index contributed by atoms with van der Waals surface area (Å²) in [4.78, 5) is 21.2. The number of para-hydroxylation sites is 1. The molecule has 3 aromatic heterocycles. The van der Waals surface area contributed by atoms with Gasteiger partial charge in [0.15, 0.2) is 5.69 Å². The van der Waals surface area contributed by atoms with E-state index in [4.69, 9.17) is 4.74 Å². The highest BCUT2D eigenvalue weighted by molar-refractivity contribution is 7.92. The van der Waals surface area contributed by atoms with Gasteiger partial charge >= 0.3 is 0 Å². The molecule has 0 aliphatic heterocycles. The van der Waals surface area contributed by atoms with Gasteiger partial charge < -0.3 is 10.1 Å². The molecular formula is C25H20N6O4S. The van der Waals surface area contributed by atoms with Gasteiger partial charge in [0.1, 0.15) is 17.3 Å². The number of carbonyl (C=O) groups is 1. The molecular weight excluding hydrogens is 480 g/mol. The Bertz CT molecular complexity index is 1650. The van der Waals surface area contributed by atoms with Gasteiger partial charge in [-0.1, -0.05) is 24.3 Å². The van der Waals surface area contributed by atoms with E-state index in [-0.39, 0.29) is 11.5 Å². The van der Waals surface area contributed by atoms with Gasteiger partial charge in [-0.05, 0) is 48.0 Å². The van der Waals surface area contributed by atoms with Crippen LogP contribution in [0.25, 0.3) is 22.0 Å². The Morgan fingerprint density at radius 2 is 1.75 bits per heavy atom. The third kappa shape index (κ3) is 5.31. The second-order valence-corrected chi connectivity index (χ2v) is 9.67. The summed E-state index contributed by atoms with van der Waals surface area (Å²) in [6.45, 7) is 0. The molecule has 0 radical (unpaired) electrons. The second kappa shape index (κ2) is 9.47. The summed E-state index contributed by atoms with van der Waals surface area (Å²) in [6.07, 6.45) is 5.74. The number of aromatic nitrogens is 4. The molecule has 5 rings (SSSR count). The van der Waals surface area contributed by atoms with Gasteiger partial charge in [-0.25, -0.2) is 13.4 Å². The number of aromatic amines is 1. The standard InChI is InChI=1S/C25H20N6O4S/c1-36(33,34)31-23-10-8-18(14-27-23)28-25(32)24-21-12-16(7-9-22(21)29-30-24)17-11-20(15-26-13-17)35-19-5-3-2-4-6-19/h2-15H,1H3,(H,27,31)(H,28,32)(H,29,30). The van der Waals surface area contributed by atoms with E-state index in [1.807, 2.05) is 54.6 Å². The van der Waals surface area contributed by atoms with Crippen LogP contribution in [0.4, 0.5) is 11.5 Å². The SMILES string of the molecule is CS(=O)(=O)Nc1ccc(NC(=O)c2n[nH]c3ccc(-c4cncc(Oc5ccccc5)c4)cc23)cn1. The third-order valence-electron chi connectivity index (χ3n) is 5.11. The molecule has 0 unspecified atom stereocenters. The number of H-pyrrole nitrogens is 1. The number of hydrogen-bond acceptors (Lipinski definition) is 7. The van der Waals surface area contributed by atoms with E-state index in [2.05, 4.69) is 30.2 Å². The number of anilines is 2. The number of sulfonamides is 1. The van der Waals surface area contributed by atoms with Crippen molar-refractivity contribution in [3.05, 3.63) is 91.0 Å². The van der Waals surface area contributed by atoms with Crippen LogP contribution in [0.15, 0.2) is 85.3 Å². The van der Waals surface area contributed by atoms with Crippen molar-refractivity contribution >= 4 is 38.3 Å². The smallest absolute Gasteiger partial charge is 0.276 e. The van der Waals surface area contributed by atoms with E-state index in [0.29, 0.717) is 28.1 Å². The predicted octanol–water partition coefficient (Wildman–Crippen LogP) is 4.44. The van der Waals surface area contributed by atoms with Crippen LogP contribution in [0.3, 0.4) is 0 Å². The molecule has 0 saturated carbocycles. The van der Waals surface area contributed by atoms with E-state index < -0.39 is 15.9 Å². The lowest BCUT2D eigenvalue weighted by atomic mass is 10.0. The summed E-state index contributed by atoms with van der Waals surface area (Å²) in [6, 6.07) is 19.9. The summed E-state index contributed by atoms with van der Waals surface area (Å²) in [5, 5.41) is 10.4. The summed E-state index contributed by atoms with van der Waals surface area (Å²) in [5.74, 6) is 1.00. The number of rotatable bonds is 7. The first kappa shape index (κ1) is 23.0.